The third-order valence-electron chi connectivity index (χ3n) is 2.39. The van der Waals surface area contributed by atoms with Crippen LogP contribution in [0.15, 0.2) is 12.1 Å². The Hall–Kier alpha value is -1.09. The zero-order valence-electron chi connectivity index (χ0n) is 8.55. The van der Waals surface area contributed by atoms with Gasteiger partial charge in [0.25, 0.3) is 0 Å². The van der Waals surface area contributed by atoms with Crippen LogP contribution < -0.4 is 0 Å². The van der Waals surface area contributed by atoms with Crippen LogP contribution in [0.3, 0.4) is 0 Å². The number of aliphatic carboxylic acids is 1. The molecule has 0 fully saturated rings. The number of carboxylic acid groups (broad SMARTS) is 1. The molecular weight excluding hydrogens is 219 g/mol. The summed E-state index contributed by atoms with van der Waals surface area (Å²) in [7, 11) is 0. The molecule has 0 bridgehead atoms. The van der Waals surface area contributed by atoms with E-state index in [-0.39, 0.29) is 17.4 Å². The highest BCUT2D eigenvalue weighted by atomic mass is 35.5. The molecule has 1 N–H and O–H groups in total. The van der Waals surface area contributed by atoms with Crippen molar-refractivity contribution in [1.29, 1.82) is 0 Å². The molecule has 0 amide bonds. The summed E-state index contributed by atoms with van der Waals surface area (Å²) in [6, 6.07) is 3.13. The number of benzene rings is 1. The molecule has 1 rings (SSSR count). The van der Waals surface area contributed by atoms with Crippen LogP contribution in [0, 0.1) is 12.7 Å². The molecule has 0 saturated carbocycles. The lowest BCUT2D eigenvalue weighted by atomic mass is 9.93. The van der Waals surface area contributed by atoms with Gasteiger partial charge in [0.2, 0.25) is 0 Å². The van der Waals surface area contributed by atoms with Crippen LogP contribution in [0.25, 0.3) is 0 Å². The van der Waals surface area contributed by atoms with Crippen molar-refractivity contribution in [3.05, 3.63) is 34.1 Å². The van der Waals surface area contributed by atoms with E-state index in [1.165, 1.54) is 6.07 Å². The average Bonchev–Trinajstić information content (AvgIpc) is 2.13. The smallest absolute Gasteiger partial charge is 0.303 e. The minimum atomic E-state index is -0.891. The van der Waals surface area contributed by atoms with E-state index in [0.717, 1.165) is 0 Å². The van der Waals surface area contributed by atoms with E-state index in [0.29, 0.717) is 11.1 Å². The molecule has 0 aliphatic carbocycles. The molecule has 0 heterocycles. The van der Waals surface area contributed by atoms with Gasteiger partial charge in [-0.3, -0.25) is 4.79 Å². The van der Waals surface area contributed by atoms with E-state index >= 15 is 0 Å². The van der Waals surface area contributed by atoms with Crippen molar-refractivity contribution in [1.82, 2.24) is 0 Å². The lowest BCUT2D eigenvalue weighted by Gasteiger charge is -2.13. The molecule has 4 heteroatoms. The molecular formula is C11H12ClFO2. The van der Waals surface area contributed by atoms with Gasteiger partial charge < -0.3 is 5.11 Å². The normalized spacial score (nSPS) is 12.5. The van der Waals surface area contributed by atoms with Gasteiger partial charge in [0.15, 0.2) is 0 Å². The van der Waals surface area contributed by atoms with Gasteiger partial charge in [-0.25, -0.2) is 4.39 Å². The fraction of sp³-hybridized carbons (Fsp3) is 0.364. The quantitative estimate of drug-likeness (QED) is 0.865. The first-order chi connectivity index (χ1) is 6.93. The van der Waals surface area contributed by atoms with Crippen molar-refractivity contribution in [2.45, 2.75) is 26.2 Å². The highest BCUT2D eigenvalue weighted by Crippen LogP contribution is 2.28. The number of halogens is 2. The fourth-order valence-electron chi connectivity index (χ4n) is 1.57. The van der Waals surface area contributed by atoms with Gasteiger partial charge in [-0.2, -0.15) is 0 Å². The van der Waals surface area contributed by atoms with Crippen LogP contribution in [-0.4, -0.2) is 11.1 Å². The zero-order chi connectivity index (χ0) is 11.6. The first-order valence-corrected chi connectivity index (χ1v) is 4.97. The van der Waals surface area contributed by atoms with Crippen molar-refractivity contribution >= 4 is 17.6 Å². The maximum Gasteiger partial charge on any atom is 0.303 e. The molecule has 1 unspecified atom stereocenters. The van der Waals surface area contributed by atoms with Gasteiger partial charge in [0, 0.05) is 0 Å². The molecule has 0 saturated heterocycles. The molecule has 82 valence electrons. The Morgan fingerprint density at radius 3 is 2.73 bits per heavy atom. The lowest BCUT2D eigenvalue weighted by molar-refractivity contribution is -0.137. The molecule has 15 heavy (non-hydrogen) atoms. The molecule has 0 aromatic heterocycles. The summed E-state index contributed by atoms with van der Waals surface area (Å²) in [5.74, 6) is -1.57. The van der Waals surface area contributed by atoms with Crippen LogP contribution in [0.1, 0.15) is 30.4 Å². The standard InChI is InChI=1S/C11H12ClFO2/c1-6(5-10(14)15)8-3-4-9(12)11(13)7(8)2/h3-4,6H,5H2,1-2H3,(H,14,15). The van der Waals surface area contributed by atoms with Gasteiger partial charge >= 0.3 is 5.97 Å². The lowest BCUT2D eigenvalue weighted by Crippen LogP contribution is -2.05. The predicted octanol–water partition coefficient (Wildman–Crippen LogP) is 3.37. The van der Waals surface area contributed by atoms with Gasteiger partial charge in [0.05, 0.1) is 11.4 Å². The van der Waals surface area contributed by atoms with Gasteiger partial charge in [-0.15, -0.1) is 0 Å². The van der Waals surface area contributed by atoms with E-state index in [1.807, 2.05) is 0 Å². The first-order valence-electron chi connectivity index (χ1n) is 4.59. The summed E-state index contributed by atoms with van der Waals surface area (Å²) in [5.41, 5.74) is 1.12. The summed E-state index contributed by atoms with van der Waals surface area (Å²) in [6.07, 6.45) is -0.0120. The highest BCUT2D eigenvalue weighted by Gasteiger charge is 2.15. The molecule has 0 radical (unpaired) electrons. The predicted molar refractivity (Wildman–Crippen MR) is 56.8 cm³/mol. The zero-order valence-corrected chi connectivity index (χ0v) is 9.31. The second kappa shape index (κ2) is 4.62. The van der Waals surface area contributed by atoms with Crippen LogP contribution in [0.4, 0.5) is 4.39 Å². The average molecular weight is 231 g/mol. The molecule has 0 aliphatic rings. The topological polar surface area (TPSA) is 37.3 Å². The van der Waals surface area contributed by atoms with E-state index < -0.39 is 11.8 Å². The maximum atomic E-state index is 13.4. The Kier molecular flexibility index (Phi) is 3.69. The van der Waals surface area contributed by atoms with Crippen molar-refractivity contribution in [3.8, 4) is 0 Å². The molecule has 1 aromatic rings. The van der Waals surface area contributed by atoms with Crippen LogP contribution >= 0.6 is 11.6 Å². The van der Waals surface area contributed by atoms with Crippen molar-refractivity contribution in [2.75, 3.05) is 0 Å². The minimum absolute atomic E-state index is 0.0120. The van der Waals surface area contributed by atoms with E-state index in [4.69, 9.17) is 16.7 Å². The van der Waals surface area contributed by atoms with Crippen LogP contribution in [0.5, 0.6) is 0 Å². The number of hydrogen-bond acceptors (Lipinski definition) is 1. The van der Waals surface area contributed by atoms with E-state index in [1.54, 1.807) is 19.9 Å². The summed E-state index contributed by atoms with van der Waals surface area (Å²) < 4.78 is 13.4. The number of carbonyl (C=O) groups is 1. The van der Waals surface area contributed by atoms with E-state index in [2.05, 4.69) is 0 Å². The molecule has 0 spiro atoms. The van der Waals surface area contributed by atoms with Crippen molar-refractivity contribution < 1.29 is 14.3 Å². The molecule has 0 aliphatic heterocycles. The molecule has 1 aromatic carbocycles. The maximum absolute atomic E-state index is 13.4. The molecule has 2 nitrogen and oxygen atoms in total. The van der Waals surface area contributed by atoms with Gasteiger partial charge in [-0.05, 0) is 30.0 Å². The SMILES string of the molecule is Cc1c(C(C)CC(=O)O)ccc(Cl)c1F. The van der Waals surface area contributed by atoms with Crippen molar-refractivity contribution in [2.24, 2.45) is 0 Å². The summed E-state index contributed by atoms with van der Waals surface area (Å²) in [5, 5.41) is 8.71. The highest BCUT2D eigenvalue weighted by molar-refractivity contribution is 6.30. The largest absolute Gasteiger partial charge is 0.481 e. The van der Waals surface area contributed by atoms with Crippen molar-refractivity contribution in [3.63, 3.8) is 0 Å². The number of hydrogen-bond donors (Lipinski definition) is 1. The Labute approximate surface area is 92.7 Å². The Balaban J connectivity index is 3.05. The van der Waals surface area contributed by atoms with E-state index in [9.17, 15) is 9.18 Å². The molecule has 1 atom stereocenters. The van der Waals surface area contributed by atoms with Crippen LogP contribution in [0.2, 0.25) is 5.02 Å². The second-order valence-electron chi connectivity index (χ2n) is 3.57. The first kappa shape index (κ1) is 12.0. The Morgan fingerprint density at radius 2 is 2.20 bits per heavy atom. The second-order valence-corrected chi connectivity index (χ2v) is 3.98. The van der Waals surface area contributed by atoms with Gasteiger partial charge in [0.1, 0.15) is 5.82 Å². The Bertz CT molecular complexity index is 390. The number of rotatable bonds is 3. The Morgan fingerprint density at radius 1 is 1.60 bits per heavy atom. The summed E-state index contributed by atoms with van der Waals surface area (Å²) in [6.45, 7) is 3.36. The van der Waals surface area contributed by atoms with Crippen LogP contribution in [-0.2, 0) is 4.79 Å². The minimum Gasteiger partial charge on any atom is -0.481 e. The third-order valence-corrected chi connectivity index (χ3v) is 2.68. The van der Waals surface area contributed by atoms with Gasteiger partial charge in [-0.1, -0.05) is 24.6 Å². The fourth-order valence-corrected chi connectivity index (χ4v) is 1.78. The summed E-state index contributed by atoms with van der Waals surface area (Å²) in [4.78, 5) is 10.5. The summed E-state index contributed by atoms with van der Waals surface area (Å²) >= 11 is 5.61. The number of carboxylic acids is 1. The monoisotopic (exact) mass is 230 g/mol. The third kappa shape index (κ3) is 2.69.